The van der Waals surface area contributed by atoms with Crippen molar-refractivity contribution in [2.24, 2.45) is 0 Å². The zero-order valence-corrected chi connectivity index (χ0v) is 12.3. The van der Waals surface area contributed by atoms with Gasteiger partial charge in [-0.3, -0.25) is 4.79 Å². The standard InChI is InChI=1S/C17H16O5/c1-2-3-11-8-13-12(4-6-14-17(13)21-10-20-14)5-7-15(18)22-16(19)9-11/h4-8H,2-3,9-10H2,1H3/b7-5+,11-8+. The number of hydrogen-bond donors (Lipinski definition) is 0. The average Bonchev–Trinajstić information content (AvgIpc) is 2.94. The molecule has 0 amide bonds. The molecule has 2 heterocycles. The van der Waals surface area contributed by atoms with E-state index in [1.54, 1.807) is 12.1 Å². The fourth-order valence-electron chi connectivity index (χ4n) is 2.57. The van der Waals surface area contributed by atoms with E-state index in [-0.39, 0.29) is 13.2 Å². The lowest BCUT2D eigenvalue weighted by Crippen LogP contribution is -2.11. The summed E-state index contributed by atoms with van der Waals surface area (Å²) in [5.74, 6) is 0.122. The Bertz CT molecular complexity index is 685. The summed E-state index contributed by atoms with van der Waals surface area (Å²) >= 11 is 0. The molecule has 0 unspecified atom stereocenters. The number of ether oxygens (including phenoxy) is 3. The van der Waals surface area contributed by atoms with Crippen LogP contribution in [0.4, 0.5) is 0 Å². The smallest absolute Gasteiger partial charge is 0.338 e. The van der Waals surface area contributed by atoms with E-state index >= 15 is 0 Å². The van der Waals surface area contributed by atoms with Gasteiger partial charge in [-0.25, -0.2) is 4.79 Å². The third-order valence-corrected chi connectivity index (χ3v) is 3.52. The number of hydrogen-bond acceptors (Lipinski definition) is 5. The highest BCUT2D eigenvalue weighted by Crippen LogP contribution is 2.40. The Kier molecular flexibility index (Phi) is 3.96. The Morgan fingerprint density at radius 1 is 1.14 bits per heavy atom. The molecule has 0 bridgehead atoms. The van der Waals surface area contributed by atoms with Gasteiger partial charge < -0.3 is 14.2 Å². The normalized spacial score (nSPS) is 20.7. The SMILES string of the molecule is CCC/C1=C\c2c(ccc3c2OCO3)/C=C/C(=O)OC(=O)C1. The van der Waals surface area contributed by atoms with Gasteiger partial charge in [0.25, 0.3) is 0 Å². The lowest BCUT2D eigenvalue weighted by molar-refractivity contribution is -0.155. The molecule has 0 N–H and O–H groups in total. The molecule has 5 nitrogen and oxygen atoms in total. The highest BCUT2D eigenvalue weighted by Gasteiger charge is 2.21. The molecule has 0 atom stereocenters. The Hall–Kier alpha value is -2.56. The summed E-state index contributed by atoms with van der Waals surface area (Å²) in [5, 5.41) is 0. The van der Waals surface area contributed by atoms with E-state index in [0.29, 0.717) is 11.5 Å². The molecule has 114 valence electrons. The molecule has 0 aromatic heterocycles. The molecule has 1 aromatic carbocycles. The van der Waals surface area contributed by atoms with Crippen molar-refractivity contribution in [3.05, 3.63) is 34.9 Å². The zero-order chi connectivity index (χ0) is 15.5. The minimum atomic E-state index is -0.661. The van der Waals surface area contributed by atoms with Gasteiger partial charge in [0, 0.05) is 11.6 Å². The van der Waals surface area contributed by atoms with Gasteiger partial charge in [0.05, 0.1) is 6.42 Å². The molecule has 0 fully saturated rings. The van der Waals surface area contributed by atoms with E-state index in [4.69, 9.17) is 14.2 Å². The Morgan fingerprint density at radius 3 is 2.82 bits per heavy atom. The minimum Gasteiger partial charge on any atom is -0.454 e. The summed E-state index contributed by atoms with van der Waals surface area (Å²) in [6.07, 6.45) is 6.54. The van der Waals surface area contributed by atoms with Crippen molar-refractivity contribution in [2.75, 3.05) is 6.79 Å². The van der Waals surface area contributed by atoms with Crippen molar-refractivity contribution < 1.29 is 23.8 Å². The number of esters is 2. The first-order valence-electron chi connectivity index (χ1n) is 7.22. The van der Waals surface area contributed by atoms with Crippen molar-refractivity contribution in [2.45, 2.75) is 26.2 Å². The maximum Gasteiger partial charge on any atom is 0.338 e. The van der Waals surface area contributed by atoms with E-state index in [1.165, 1.54) is 6.08 Å². The molecule has 0 saturated heterocycles. The first-order chi connectivity index (χ1) is 10.7. The first-order valence-corrected chi connectivity index (χ1v) is 7.22. The van der Waals surface area contributed by atoms with E-state index in [0.717, 1.165) is 29.5 Å². The molecule has 22 heavy (non-hydrogen) atoms. The predicted molar refractivity (Wildman–Crippen MR) is 80.2 cm³/mol. The van der Waals surface area contributed by atoms with Crippen LogP contribution < -0.4 is 9.47 Å². The van der Waals surface area contributed by atoms with Crippen molar-refractivity contribution in [1.29, 1.82) is 0 Å². The van der Waals surface area contributed by atoms with Crippen LogP contribution in [0.5, 0.6) is 11.5 Å². The highest BCUT2D eigenvalue weighted by atomic mass is 16.7. The number of cyclic esters (lactones) is 2. The molecule has 1 aromatic rings. The lowest BCUT2D eigenvalue weighted by atomic mass is 9.98. The monoisotopic (exact) mass is 300 g/mol. The number of benzene rings is 1. The molecule has 0 spiro atoms. The summed E-state index contributed by atoms with van der Waals surface area (Å²) in [7, 11) is 0. The van der Waals surface area contributed by atoms with E-state index < -0.39 is 11.9 Å². The van der Waals surface area contributed by atoms with E-state index in [1.807, 2.05) is 19.1 Å². The quantitative estimate of drug-likeness (QED) is 0.620. The van der Waals surface area contributed by atoms with Crippen LogP contribution in [0.2, 0.25) is 0 Å². The predicted octanol–water partition coefficient (Wildman–Crippen LogP) is 3.09. The van der Waals surface area contributed by atoms with Crippen LogP contribution in [-0.2, 0) is 14.3 Å². The minimum absolute atomic E-state index is 0.0946. The van der Waals surface area contributed by atoms with Gasteiger partial charge in [-0.05, 0) is 24.1 Å². The second kappa shape index (κ2) is 6.05. The second-order valence-electron chi connectivity index (χ2n) is 5.16. The Morgan fingerprint density at radius 2 is 2.00 bits per heavy atom. The number of rotatable bonds is 2. The van der Waals surface area contributed by atoms with Gasteiger partial charge in [0.2, 0.25) is 6.79 Å². The summed E-state index contributed by atoms with van der Waals surface area (Å²) in [4.78, 5) is 23.4. The van der Waals surface area contributed by atoms with Gasteiger partial charge in [-0.1, -0.05) is 31.1 Å². The highest BCUT2D eigenvalue weighted by molar-refractivity contribution is 5.97. The molecule has 0 radical (unpaired) electrons. The van der Waals surface area contributed by atoms with Gasteiger partial charge in [0.15, 0.2) is 11.5 Å². The van der Waals surface area contributed by atoms with Crippen LogP contribution in [-0.4, -0.2) is 18.7 Å². The second-order valence-corrected chi connectivity index (χ2v) is 5.16. The molecule has 0 saturated carbocycles. The molecular formula is C17H16O5. The van der Waals surface area contributed by atoms with Crippen LogP contribution >= 0.6 is 0 Å². The van der Waals surface area contributed by atoms with Gasteiger partial charge in [-0.15, -0.1) is 0 Å². The summed E-state index contributed by atoms with van der Waals surface area (Å²) in [5.41, 5.74) is 2.56. The third-order valence-electron chi connectivity index (χ3n) is 3.52. The van der Waals surface area contributed by atoms with Crippen LogP contribution in [0.15, 0.2) is 23.8 Å². The van der Waals surface area contributed by atoms with Crippen molar-refractivity contribution in [3.63, 3.8) is 0 Å². The van der Waals surface area contributed by atoms with Crippen LogP contribution in [0.1, 0.15) is 37.3 Å². The number of fused-ring (bicyclic) bond motifs is 3. The van der Waals surface area contributed by atoms with Crippen LogP contribution in [0.3, 0.4) is 0 Å². The van der Waals surface area contributed by atoms with Crippen molar-refractivity contribution in [3.8, 4) is 11.5 Å². The topological polar surface area (TPSA) is 61.8 Å². The van der Waals surface area contributed by atoms with E-state index in [2.05, 4.69) is 0 Å². The Balaban J connectivity index is 2.14. The number of carbonyl (C=O) groups excluding carboxylic acids is 2. The summed E-state index contributed by atoms with van der Waals surface area (Å²) in [6, 6.07) is 3.66. The largest absolute Gasteiger partial charge is 0.454 e. The molecule has 2 aliphatic heterocycles. The summed E-state index contributed by atoms with van der Waals surface area (Å²) < 4.78 is 15.7. The van der Waals surface area contributed by atoms with Crippen molar-refractivity contribution >= 4 is 24.1 Å². The maximum absolute atomic E-state index is 11.8. The average molecular weight is 300 g/mol. The first kappa shape index (κ1) is 14.4. The lowest BCUT2D eigenvalue weighted by Gasteiger charge is -2.11. The fourth-order valence-corrected chi connectivity index (χ4v) is 2.57. The molecule has 0 aliphatic carbocycles. The molecule has 5 heteroatoms. The van der Waals surface area contributed by atoms with E-state index in [9.17, 15) is 9.59 Å². The van der Waals surface area contributed by atoms with Crippen molar-refractivity contribution in [1.82, 2.24) is 0 Å². The third kappa shape index (κ3) is 2.88. The maximum atomic E-state index is 11.8. The van der Waals surface area contributed by atoms with Crippen LogP contribution in [0.25, 0.3) is 12.2 Å². The van der Waals surface area contributed by atoms with Gasteiger partial charge in [0.1, 0.15) is 0 Å². The number of carbonyl (C=O) groups is 2. The Labute approximate surface area is 128 Å². The molecule has 2 aliphatic rings. The van der Waals surface area contributed by atoms with Gasteiger partial charge in [-0.2, -0.15) is 0 Å². The molecular weight excluding hydrogens is 284 g/mol. The summed E-state index contributed by atoms with van der Waals surface area (Å²) in [6.45, 7) is 2.21. The van der Waals surface area contributed by atoms with Gasteiger partial charge >= 0.3 is 11.9 Å². The molecule has 3 rings (SSSR count). The zero-order valence-electron chi connectivity index (χ0n) is 12.3. The fraction of sp³-hybridized carbons (Fsp3) is 0.294. The van der Waals surface area contributed by atoms with Crippen LogP contribution in [0, 0.1) is 0 Å².